The first-order valence-electron chi connectivity index (χ1n) is 24.5. The van der Waals surface area contributed by atoms with Crippen LogP contribution in [0.25, 0.3) is 115 Å². The molecule has 306 valence electrons. The van der Waals surface area contributed by atoms with Crippen molar-refractivity contribution in [3.63, 3.8) is 0 Å². The highest BCUT2D eigenvalue weighted by Crippen LogP contribution is 2.51. The average Bonchev–Trinajstić information content (AvgIpc) is 4.19. The number of aromatic nitrogens is 3. The summed E-state index contributed by atoms with van der Waals surface area (Å²) in [4.78, 5) is 0. The molecule has 0 spiro atoms. The van der Waals surface area contributed by atoms with Gasteiger partial charge in [-0.3, -0.25) is 0 Å². The monoisotopic (exact) mass is 853 g/mol. The number of nitrogens with zero attached hydrogens (tertiary/aromatic N) is 3. The molecule has 0 N–H and O–H groups in total. The molecule has 3 nitrogen and oxygen atoms in total. The summed E-state index contributed by atoms with van der Waals surface area (Å²) in [7, 11) is 23.1. The van der Waals surface area contributed by atoms with Gasteiger partial charge in [0.25, 0.3) is 0 Å². The third-order valence-electron chi connectivity index (χ3n) is 18.1. The third kappa shape index (κ3) is 4.46. The summed E-state index contributed by atoms with van der Waals surface area (Å²) in [6, 6.07) is 47.3. The second kappa shape index (κ2) is 13.0. The lowest BCUT2D eigenvalue weighted by atomic mass is 9.58. The number of fused-ring (bicyclic) bond motifs is 18. The fourth-order valence-corrected chi connectivity index (χ4v) is 13.9. The van der Waals surface area contributed by atoms with Gasteiger partial charge in [0.05, 0.1) is 44.1 Å². The van der Waals surface area contributed by atoms with E-state index in [0.29, 0.717) is 0 Å². The highest BCUT2D eigenvalue weighted by molar-refractivity contribution is 6.69. The summed E-state index contributed by atoms with van der Waals surface area (Å²) >= 11 is 0. The van der Waals surface area contributed by atoms with Gasteiger partial charge in [-0.15, -0.1) is 21.9 Å². The molecule has 14 aromatic rings. The van der Waals surface area contributed by atoms with E-state index in [2.05, 4.69) is 213 Å². The molecule has 5 aromatic heterocycles. The van der Waals surface area contributed by atoms with Crippen molar-refractivity contribution in [1.29, 1.82) is 0 Å². The molecule has 68 heavy (non-hydrogen) atoms. The molecule has 5 heterocycles. The van der Waals surface area contributed by atoms with Gasteiger partial charge in [0, 0.05) is 65.5 Å². The Balaban J connectivity index is 1.04. The molecule has 15 rings (SSSR count). The van der Waals surface area contributed by atoms with Crippen LogP contribution in [0.2, 0.25) is 0 Å². The van der Waals surface area contributed by atoms with Crippen LogP contribution in [0.5, 0.6) is 0 Å². The van der Waals surface area contributed by atoms with Crippen molar-refractivity contribution in [2.75, 3.05) is 0 Å². The molecule has 0 fully saturated rings. The Labute approximate surface area is 403 Å². The van der Waals surface area contributed by atoms with Gasteiger partial charge in [0.15, 0.2) is 0 Å². The van der Waals surface area contributed by atoms with Gasteiger partial charge in [-0.05, 0) is 70.3 Å². The molecule has 0 amide bonds. The van der Waals surface area contributed by atoms with E-state index in [0.717, 1.165) is 0 Å². The standard InChI is InChI=1S/C55H41B10N3/c56-43-42(44(57)46(59)47(60)45(43)58)41-23-9-2-1-7-21(23)28-17-36-31(16-34(28)41)26-12-5-10-24-29-15-30-25-11-6-13-27-33-19-37-32(18-38(33)68(54(25)27)40(30)20-39(29)67(36)53(24)26)22-8-3-4-14-35(22)66(37)55-51(64)49(62)48(61)50(63)52(55)65/h1-20,41H,56-65H2. The number of hydrogen-bond donors (Lipinski definition) is 0. The smallest absolute Gasteiger partial charge is 0.141 e. The maximum atomic E-state index is 2.61. The second-order valence-electron chi connectivity index (χ2n) is 20.7. The largest absolute Gasteiger partial charge is 0.310 e. The second-order valence-corrected chi connectivity index (χ2v) is 20.7. The number of para-hydroxylation sites is 3. The van der Waals surface area contributed by atoms with Crippen molar-refractivity contribution in [1.82, 2.24) is 13.4 Å². The topological polar surface area (TPSA) is 13.8 Å². The maximum absolute atomic E-state index is 2.61. The summed E-state index contributed by atoms with van der Waals surface area (Å²) in [6.07, 6.45) is 0. The van der Waals surface area contributed by atoms with Crippen molar-refractivity contribution in [3.05, 3.63) is 138 Å². The summed E-state index contributed by atoms with van der Waals surface area (Å²) in [6.45, 7) is 0. The average molecular weight is 852 g/mol. The number of rotatable bonds is 2. The van der Waals surface area contributed by atoms with Crippen LogP contribution in [0, 0.1) is 0 Å². The minimum atomic E-state index is 0.185. The lowest BCUT2D eigenvalue weighted by Crippen LogP contribution is -2.56. The third-order valence-corrected chi connectivity index (χ3v) is 18.1. The van der Waals surface area contributed by atoms with Gasteiger partial charge in [0.1, 0.15) is 78.5 Å². The van der Waals surface area contributed by atoms with Crippen LogP contribution in [-0.4, -0.2) is 91.8 Å². The number of hydrogen-bond acceptors (Lipinski definition) is 0. The predicted molar refractivity (Wildman–Crippen MR) is 325 cm³/mol. The van der Waals surface area contributed by atoms with E-state index in [4.69, 9.17) is 0 Å². The molecule has 0 bridgehead atoms. The Kier molecular flexibility index (Phi) is 7.45. The van der Waals surface area contributed by atoms with Gasteiger partial charge in [-0.1, -0.05) is 112 Å². The van der Waals surface area contributed by atoms with Crippen molar-refractivity contribution in [2.45, 2.75) is 5.92 Å². The molecule has 0 saturated carbocycles. The van der Waals surface area contributed by atoms with Gasteiger partial charge in [-0.25, -0.2) is 0 Å². The zero-order valence-electron chi connectivity index (χ0n) is 40.5. The van der Waals surface area contributed by atoms with Gasteiger partial charge in [-0.2, -0.15) is 0 Å². The van der Waals surface area contributed by atoms with Crippen LogP contribution < -0.4 is 54.6 Å². The summed E-state index contributed by atoms with van der Waals surface area (Å²) in [5.74, 6) is 0.185. The highest BCUT2D eigenvalue weighted by atomic mass is 15.0. The van der Waals surface area contributed by atoms with E-state index in [1.807, 2.05) is 0 Å². The van der Waals surface area contributed by atoms with E-state index >= 15 is 0 Å². The Morgan fingerprint density at radius 1 is 0.294 bits per heavy atom. The Morgan fingerprint density at radius 3 is 1.35 bits per heavy atom. The van der Waals surface area contributed by atoms with Crippen LogP contribution in [0.1, 0.15) is 22.6 Å². The minimum absolute atomic E-state index is 0.185. The fourth-order valence-electron chi connectivity index (χ4n) is 13.9. The Bertz CT molecular complexity index is 4640. The van der Waals surface area contributed by atoms with Crippen LogP contribution in [-0.2, 0) is 0 Å². The normalized spacial score (nSPS) is 14.0. The molecular weight excluding hydrogens is 811 g/mol. The lowest BCUT2D eigenvalue weighted by molar-refractivity contribution is 1.04. The Hall–Kier alpha value is -6.97. The van der Waals surface area contributed by atoms with E-state index < -0.39 is 0 Å². The molecular formula is C55H41B10N3. The van der Waals surface area contributed by atoms with Gasteiger partial charge < -0.3 is 13.4 Å². The SMILES string of the molecule is Bc1c(B)c(B)c(C2c3ccccc3-c3cc4c(cc32)c2cccc3c5cc6c7cccc8c9cc%10c(cc9n(c6cc5n4c23)c87)c2ccccc2n%10-c2c(B)c(B)c(B)c(B)c2B)c(B)c1B. The first-order valence-corrected chi connectivity index (χ1v) is 24.5. The molecule has 0 radical (unpaired) electrons. The predicted octanol–water partition coefficient (Wildman–Crippen LogP) is -3.17. The van der Waals surface area contributed by atoms with Crippen molar-refractivity contribution in [3.8, 4) is 16.8 Å². The zero-order valence-corrected chi connectivity index (χ0v) is 40.5. The minimum Gasteiger partial charge on any atom is -0.310 e. The molecule has 1 aliphatic carbocycles. The van der Waals surface area contributed by atoms with E-state index in [1.165, 1.54) is 186 Å². The van der Waals surface area contributed by atoms with Crippen molar-refractivity contribution in [2.24, 2.45) is 0 Å². The van der Waals surface area contributed by atoms with Crippen LogP contribution in [0.15, 0.2) is 121 Å². The molecule has 1 atom stereocenters. The zero-order chi connectivity index (χ0) is 46.1. The molecule has 0 aliphatic heterocycles. The summed E-state index contributed by atoms with van der Waals surface area (Å²) < 4.78 is 7.77. The fraction of sp³-hybridized carbons (Fsp3) is 0.0182. The van der Waals surface area contributed by atoms with Crippen LogP contribution in [0.3, 0.4) is 0 Å². The molecule has 1 unspecified atom stereocenters. The highest BCUT2D eigenvalue weighted by Gasteiger charge is 2.34. The van der Waals surface area contributed by atoms with E-state index in [1.54, 1.807) is 0 Å². The van der Waals surface area contributed by atoms with Crippen LogP contribution >= 0.6 is 0 Å². The summed E-state index contributed by atoms with van der Waals surface area (Å²) in [5, 5.41) is 13.1. The summed E-state index contributed by atoms with van der Waals surface area (Å²) in [5.41, 5.74) is 32.5. The molecule has 0 saturated heterocycles. The van der Waals surface area contributed by atoms with Gasteiger partial charge >= 0.3 is 0 Å². The lowest BCUT2D eigenvalue weighted by Gasteiger charge is -2.26. The molecule has 1 aliphatic rings. The maximum Gasteiger partial charge on any atom is 0.141 e. The van der Waals surface area contributed by atoms with Gasteiger partial charge in [0.2, 0.25) is 0 Å². The first-order chi connectivity index (χ1) is 32.9. The van der Waals surface area contributed by atoms with Crippen LogP contribution in [0.4, 0.5) is 0 Å². The molecule has 9 aromatic carbocycles. The number of benzene rings is 9. The molecule has 13 heteroatoms. The van der Waals surface area contributed by atoms with E-state index in [9.17, 15) is 0 Å². The van der Waals surface area contributed by atoms with Crippen molar-refractivity contribution >= 4 is 231 Å². The Morgan fingerprint density at radius 2 is 0.735 bits per heavy atom. The quantitative estimate of drug-likeness (QED) is 0.163. The first kappa shape index (κ1) is 39.1. The van der Waals surface area contributed by atoms with E-state index in [-0.39, 0.29) is 5.92 Å². The van der Waals surface area contributed by atoms with Crippen molar-refractivity contribution < 1.29 is 0 Å².